The molecule has 1 N–H and O–H groups in total. The average molecular weight is 310 g/mol. The molecule has 0 bridgehead atoms. The van der Waals surface area contributed by atoms with E-state index in [9.17, 15) is 10.1 Å². The zero-order valence-electron chi connectivity index (χ0n) is 11.1. The third kappa shape index (κ3) is 3.99. The normalized spacial score (nSPS) is 10.2. The van der Waals surface area contributed by atoms with Crippen molar-refractivity contribution in [2.45, 2.75) is 13.3 Å². The third-order valence-electron chi connectivity index (χ3n) is 2.38. The summed E-state index contributed by atoms with van der Waals surface area (Å²) in [5.74, 6) is 0.289. The molecule has 0 aliphatic carbocycles. The topological polar surface area (TPSA) is 103 Å². The molecule has 0 fully saturated rings. The van der Waals surface area contributed by atoms with Gasteiger partial charge in [-0.3, -0.25) is 10.1 Å². The Morgan fingerprint density at radius 1 is 1.33 bits per heavy atom. The van der Waals surface area contributed by atoms with E-state index in [2.05, 4.69) is 20.3 Å². The molecule has 1 aromatic carbocycles. The molecule has 0 unspecified atom stereocenters. The van der Waals surface area contributed by atoms with Gasteiger partial charge in [0.05, 0.1) is 4.92 Å². The van der Waals surface area contributed by atoms with Crippen LogP contribution in [-0.4, -0.2) is 26.4 Å². The molecular weight excluding hydrogens is 298 g/mol. The van der Waals surface area contributed by atoms with E-state index in [4.69, 9.17) is 16.3 Å². The molecule has 0 aliphatic rings. The third-order valence-corrected chi connectivity index (χ3v) is 2.55. The number of benzene rings is 1. The fourth-order valence-corrected chi connectivity index (χ4v) is 1.64. The van der Waals surface area contributed by atoms with Crippen LogP contribution in [0.4, 0.5) is 11.6 Å². The highest BCUT2D eigenvalue weighted by atomic mass is 35.5. The van der Waals surface area contributed by atoms with Gasteiger partial charge in [-0.15, -0.1) is 0 Å². The van der Waals surface area contributed by atoms with E-state index in [1.165, 1.54) is 12.1 Å². The van der Waals surface area contributed by atoms with Gasteiger partial charge in [0.1, 0.15) is 0 Å². The standard InChI is InChI=1S/C12H12ClN5O3/c1-2-7-14-11-15-10(13)16-12(17-11)21-9-6-4-3-5-8(9)18(19)20/h3-6H,2,7H2,1H3,(H,14,15,16,17). The minimum atomic E-state index is -0.547. The second kappa shape index (κ2) is 6.80. The minimum Gasteiger partial charge on any atom is -0.417 e. The molecule has 8 nitrogen and oxygen atoms in total. The lowest BCUT2D eigenvalue weighted by atomic mass is 10.3. The number of ether oxygens (including phenoxy) is 1. The van der Waals surface area contributed by atoms with Crippen LogP contribution in [-0.2, 0) is 0 Å². The van der Waals surface area contributed by atoms with Crippen LogP contribution in [0.15, 0.2) is 24.3 Å². The minimum absolute atomic E-state index is 0.0335. The van der Waals surface area contributed by atoms with Crippen LogP contribution in [0.25, 0.3) is 0 Å². The highest BCUT2D eigenvalue weighted by Crippen LogP contribution is 2.29. The van der Waals surface area contributed by atoms with Gasteiger partial charge in [-0.25, -0.2) is 0 Å². The lowest BCUT2D eigenvalue weighted by molar-refractivity contribution is -0.385. The van der Waals surface area contributed by atoms with Crippen molar-refractivity contribution in [3.63, 3.8) is 0 Å². The van der Waals surface area contributed by atoms with Crippen molar-refractivity contribution in [1.29, 1.82) is 0 Å². The van der Waals surface area contributed by atoms with Crippen LogP contribution >= 0.6 is 11.6 Å². The molecule has 2 rings (SSSR count). The summed E-state index contributed by atoms with van der Waals surface area (Å²) in [6, 6.07) is 5.83. The molecule has 0 spiro atoms. The quantitative estimate of drug-likeness (QED) is 0.646. The lowest BCUT2D eigenvalue weighted by Crippen LogP contribution is -2.06. The summed E-state index contributed by atoms with van der Waals surface area (Å²) in [6.07, 6.45) is 0.879. The maximum Gasteiger partial charge on any atom is 0.328 e. The van der Waals surface area contributed by atoms with Crippen molar-refractivity contribution in [1.82, 2.24) is 15.0 Å². The SMILES string of the molecule is CCCNc1nc(Cl)nc(Oc2ccccc2[N+](=O)[O-])n1. The Morgan fingerprint density at radius 3 is 2.81 bits per heavy atom. The second-order valence-corrected chi connectivity index (χ2v) is 4.30. The Hall–Kier alpha value is -2.48. The van der Waals surface area contributed by atoms with Crippen molar-refractivity contribution in [3.05, 3.63) is 39.7 Å². The van der Waals surface area contributed by atoms with Gasteiger partial charge in [0, 0.05) is 12.6 Å². The molecule has 9 heteroatoms. The molecule has 110 valence electrons. The molecule has 0 amide bonds. The van der Waals surface area contributed by atoms with E-state index in [0.717, 1.165) is 6.42 Å². The summed E-state index contributed by atoms with van der Waals surface area (Å²) in [6.45, 7) is 2.64. The first-order valence-electron chi connectivity index (χ1n) is 6.17. The highest BCUT2D eigenvalue weighted by molar-refractivity contribution is 6.28. The van der Waals surface area contributed by atoms with Crippen molar-refractivity contribution in [2.24, 2.45) is 0 Å². The summed E-state index contributed by atoms with van der Waals surface area (Å²) >= 11 is 5.78. The van der Waals surface area contributed by atoms with E-state index in [0.29, 0.717) is 6.54 Å². The van der Waals surface area contributed by atoms with E-state index in [-0.39, 0.29) is 28.7 Å². The maximum atomic E-state index is 10.9. The van der Waals surface area contributed by atoms with E-state index in [1.54, 1.807) is 12.1 Å². The van der Waals surface area contributed by atoms with Gasteiger partial charge < -0.3 is 10.1 Å². The van der Waals surface area contributed by atoms with Gasteiger partial charge in [-0.1, -0.05) is 19.1 Å². The Labute approximate surface area is 125 Å². The number of aromatic nitrogens is 3. The Morgan fingerprint density at radius 2 is 2.10 bits per heavy atom. The van der Waals surface area contributed by atoms with E-state index >= 15 is 0 Å². The van der Waals surface area contributed by atoms with Crippen LogP contribution in [0.2, 0.25) is 5.28 Å². The first-order chi connectivity index (χ1) is 10.1. The monoisotopic (exact) mass is 309 g/mol. The van der Waals surface area contributed by atoms with Gasteiger partial charge in [0.25, 0.3) is 0 Å². The smallest absolute Gasteiger partial charge is 0.328 e. The number of nitro groups is 1. The zero-order valence-corrected chi connectivity index (χ0v) is 11.9. The number of rotatable bonds is 6. The van der Waals surface area contributed by atoms with Crippen molar-refractivity contribution < 1.29 is 9.66 Å². The second-order valence-electron chi connectivity index (χ2n) is 3.96. The summed E-state index contributed by atoms with van der Waals surface area (Å²) < 4.78 is 5.34. The summed E-state index contributed by atoms with van der Waals surface area (Å²) in [4.78, 5) is 22.1. The fourth-order valence-electron chi connectivity index (χ4n) is 1.49. The number of nitro benzene ring substituents is 1. The molecule has 0 radical (unpaired) electrons. The molecule has 0 atom stereocenters. The number of halogens is 1. The average Bonchev–Trinajstić information content (AvgIpc) is 2.45. The summed E-state index contributed by atoms with van der Waals surface area (Å²) in [5.41, 5.74) is -0.183. The summed E-state index contributed by atoms with van der Waals surface area (Å²) in [5, 5.41) is 13.8. The zero-order chi connectivity index (χ0) is 15.2. The fraction of sp³-hybridized carbons (Fsp3) is 0.250. The van der Waals surface area contributed by atoms with E-state index < -0.39 is 4.92 Å². The van der Waals surface area contributed by atoms with Gasteiger partial charge in [-0.2, -0.15) is 15.0 Å². The molecule has 0 aliphatic heterocycles. The van der Waals surface area contributed by atoms with Crippen LogP contribution < -0.4 is 10.1 Å². The molecule has 0 saturated heterocycles. The number of nitrogens with zero attached hydrogens (tertiary/aromatic N) is 4. The van der Waals surface area contributed by atoms with Gasteiger partial charge in [0.2, 0.25) is 17.0 Å². The summed E-state index contributed by atoms with van der Waals surface area (Å²) in [7, 11) is 0. The highest BCUT2D eigenvalue weighted by Gasteiger charge is 2.16. The Bertz CT molecular complexity index is 653. The van der Waals surface area contributed by atoms with Crippen molar-refractivity contribution >= 4 is 23.2 Å². The number of hydrogen-bond donors (Lipinski definition) is 1. The first-order valence-corrected chi connectivity index (χ1v) is 6.54. The molecule has 21 heavy (non-hydrogen) atoms. The molecule has 1 aromatic heterocycles. The van der Waals surface area contributed by atoms with Gasteiger partial charge in [-0.05, 0) is 24.1 Å². The number of para-hydroxylation sites is 2. The molecule has 2 aromatic rings. The first kappa shape index (κ1) is 14.9. The number of nitrogens with one attached hydrogen (secondary N) is 1. The van der Waals surface area contributed by atoms with Gasteiger partial charge in [0.15, 0.2) is 0 Å². The van der Waals surface area contributed by atoms with Gasteiger partial charge >= 0.3 is 11.7 Å². The van der Waals surface area contributed by atoms with Crippen LogP contribution in [0.3, 0.4) is 0 Å². The van der Waals surface area contributed by atoms with Crippen molar-refractivity contribution in [2.75, 3.05) is 11.9 Å². The lowest BCUT2D eigenvalue weighted by Gasteiger charge is -2.07. The number of hydrogen-bond acceptors (Lipinski definition) is 7. The van der Waals surface area contributed by atoms with Crippen LogP contribution in [0.1, 0.15) is 13.3 Å². The van der Waals surface area contributed by atoms with Crippen molar-refractivity contribution in [3.8, 4) is 11.8 Å². The Kier molecular flexibility index (Phi) is 4.83. The predicted octanol–water partition coefficient (Wildman–Crippen LogP) is 3.05. The number of anilines is 1. The van der Waals surface area contributed by atoms with E-state index in [1.807, 2.05) is 6.92 Å². The molecular formula is C12H12ClN5O3. The molecule has 0 saturated carbocycles. The maximum absolute atomic E-state index is 10.9. The van der Waals surface area contributed by atoms with Crippen LogP contribution in [0.5, 0.6) is 11.8 Å². The largest absolute Gasteiger partial charge is 0.417 e. The van der Waals surface area contributed by atoms with Crippen LogP contribution in [0, 0.1) is 10.1 Å². The Balaban J connectivity index is 2.27. The predicted molar refractivity (Wildman–Crippen MR) is 76.8 cm³/mol. The molecule has 1 heterocycles.